The molecule has 0 bridgehead atoms. The number of nitrogens with zero attached hydrogens (tertiary/aromatic N) is 1. The smallest absolute Gasteiger partial charge is 0.410 e. The number of ether oxygens (including phenoxy) is 7. The zero-order chi connectivity index (χ0) is 59.0. The minimum Gasteiger partial charge on any atom is -0.491 e. The topological polar surface area (TPSA) is 323 Å². The molecule has 77 heavy (non-hydrogen) atoms. The number of aliphatic hydroxyl groups excluding tert-OH is 3. The Morgan fingerprint density at radius 2 is 1.18 bits per heavy atom. The molecule has 1 aliphatic heterocycles. The van der Waals surface area contributed by atoms with Gasteiger partial charge in [0.05, 0.1) is 49.0 Å². The number of alkyl carbamates (subject to hydrolysis) is 4. The number of nitrogens with one attached hydrogen (secondary N) is 6. The molecule has 3 aliphatic rings. The van der Waals surface area contributed by atoms with Crippen molar-refractivity contribution in [3.63, 3.8) is 0 Å². The third-order valence-corrected chi connectivity index (χ3v) is 12.4. The SMILES string of the molecule is CN(C(=O)OC(C)(C)C)[C@@H]1[C@@H](O)[C@@H](O[C@H]2[C@H](NC(=O)[C@@H](O)CNC(=O)OC(C)(C)C)C[C@H](NC(=O)OC(C)(C)C)C([C@H]3OC(CNCC(C)(C)CNC(=O)OC(C)(C)C)=CC[C@H]3NC(=O)OC(C)(C)C)[C@@H]2O)CC[C@]1(C)O. The van der Waals surface area contributed by atoms with Crippen LogP contribution in [-0.2, 0) is 38.0 Å². The van der Waals surface area contributed by atoms with Gasteiger partial charge < -0.3 is 90.4 Å². The zero-order valence-electron chi connectivity index (χ0n) is 49.1. The molecule has 1 heterocycles. The van der Waals surface area contributed by atoms with Crippen molar-refractivity contribution in [2.75, 3.05) is 33.2 Å². The van der Waals surface area contributed by atoms with E-state index in [4.69, 9.17) is 33.2 Å². The highest BCUT2D eigenvalue weighted by molar-refractivity contribution is 5.82. The first kappa shape index (κ1) is 66.4. The monoisotopic (exact) mass is 1100 g/mol. The van der Waals surface area contributed by atoms with Crippen molar-refractivity contribution < 1.29 is 82.4 Å². The van der Waals surface area contributed by atoms with Crippen LogP contribution in [0.5, 0.6) is 0 Å². The third kappa shape index (κ3) is 22.4. The molecule has 24 nitrogen and oxygen atoms in total. The van der Waals surface area contributed by atoms with Crippen LogP contribution in [-0.4, -0.2) is 189 Å². The quantitative estimate of drug-likeness (QED) is 0.0967. The summed E-state index contributed by atoms with van der Waals surface area (Å²) in [5, 5.41) is 65.1. The van der Waals surface area contributed by atoms with E-state index in [-0.39, 0.29) is 38.8 Å². The van der Waals surface area contributed by atoms with Gasteiger partial charge in [-0.25, -0.2) is 24.0 Å². The van der Waals surface area contributed by atoms with Crippen molar-refractivity contribution in [1.82, 2.24) is 36.8 Å². The lowest BCUT2D eigenvalue weighted by Crippen LogP contribution is -2.70. The van der Waals surface area contributed by atoms with E-state index in [0.29, 0.717) is 12.3 Å². The summed E-state index contributed by atoms with van der Waals surface area (Å²) in [5.41, 5.74) is -6.60. The minimum absolute atomic E-state index is 0.0175. The highest BCUT2D eigenvalue weighted by Crippen LogP contribution is 2.40. The third-order valence-electron chi connectivity index (χ3n) is 12.4. The largest absolute Gasteiger partial charge is 0.491 e. The summed E-state index contributed by atoms with van der Waals surface area (Å²) < 4.78 is 41.1. The highest BCUT2D eigenvalue weighted by atomic mass is 16.6. The Morgan fingerprint density at radius 1 is 0.688 bits per heavy atom. The van der Waals surface area contributed by atoms with E-state index >= 15 is 0 Å². The molecule has 12 atom stereocenters. The first-order valence-corrected chi connectivity index (χ1v) is 26.5. The maximum absolute atomic E-state index is 14.0. The lowest BCUT2D eigenvalue weighted by atomic mass is 9.71. The molecule has 2 saturated carbocycles. The van der Waals surface area contributed by atoms with Crippen molar-refractivity contribution in [3.8, 4) is 0 Å². The second-order valence-electron chi connectivity index (χ2n) is 26.5. The van der Waals surface area contributed by atoms with Crippen LogP contribution in [0.25, 0.3) is 0 Å². The van der Waals surface area contributed by atoms with Gasteiger partial charge in [0.1, 0.15) is 58.2 Å². The zero-order valence-corrected chi connectivity index (χ0v) is 49.1. The summed E-state index contributed by atoms with van der Waals surface area (Å²) in [5.74, 6) is -1.86. The van der Waals surface area contributed by atoms with Crippen LogP contribution in [0.2, 0.25) is 0 Å². The molecule has 444 valence electrons. The maximum atomic E-state index is 14.0. The van der Waals surface area contributed by atoms with Gasteiger partial charge in [-0.15, -0.1) is 0 Å². The van der Waals surface area contributed by atoms with E-state index in [1.165, 1.54) is 14.0 Å². The Balaban J connectivity index is 2.17. The summed E-state index contributed by atoms with van der Waals surface area (Å²) in [6, 6.07) is -4.72. The standard InChI is InChI=1S/C53H95N7O17/c1-47(2,3)73-42(65)55-26-33(61)41(64)57-32-24-31(59-45(68)76-50(10,11)12)35(37(63)39(32)72-34-22-23-53(18,70)40(36(34)62)60(19)46(69)77-51(13,14)15)38-30(58-44(67)75-49(7,8)9)21-20-29(71-38)25-54-27-52(16,17)28-56-43(66)74-48(4,5)6/h20,30-40,54,61-63,70H,21-28H2,1-19H3,(H,55,65)(H,56,66)(H,57,64)(H,58,67)(H,59,68)/t30-,31+,32-,33+,34+,35?,36+,37+,38+,39+,40-,53+/m1/s1. The van der Waals surface area contributed by atoms with E-state index in [9.17, 15) is 49.2 Å². The van der Waals surface area contributed by atoms with Gasteiger partial charge in [0.15, 0.2) is 0 Å². The normalized spacial score (nSPS) is 27.8. The second-order valence-corrected chi connectivity index (χ2v) is 26.5. The van der Waals surface area contributed by atoms with Crippen LogP contribution >= 0.6 is 0 Å². The van der Waals surface area contributed by atoms with Gasteiger partial charge in [-0.3, -0.25) is 4.79 Å². The Morgan fingerprint density at radius 3 is 1.70 bits per heavy atom. The lowest BCUT2D eigenvalue weighted by Gasteiger charge is -2.52. The Bertz CT molecular complexity index is 2050. The number of carbonyl (C=O) groups is 6. The van der Waals surface area contributed by atoms with Gasteiger partial charge in [0, 0.05) is 32.1 Å². The van der Waals surface area contributed by atoms with Crippen LogP contribution in [0.4, 0.5) is 24.0 Å². The predicted octanol–water partition coefficient (Wildman–Crippen LogP) is 4.23. The van der Waals surface area contributed by atoms with Gasteiger partial charge in [-0.2, -0.15) is 0 Å². The molecule has 0 spiro atoms. The summed E-state index contributed by atoms with van der Waals surface area (Å²) in [6.07, 6.45) is -11.6. The molecule has 0 aromatic rings. The Kier molecular flexibility index (Phi) is 22.4. The number of amides is 6. The average molecular weight is 1100 g/mol. The van der Waals surface area contributed by atoms with Crippen LogP contribution in [0, 0.1) is 11.3 Å². The van der Waals surface area contributed by atoms with E-state index in [0.717, 1.165) is 4.90 Å². The number of carbonyl (C=O) groups excluding carboxylic acids is 6. The molecule has 1 unspecified atom stereocenters. The van der Waals surface area contributed by atoms with E-state index in [2.05, 4.69) is 31.9 Å². The molecule has 2 aliphatic carbocycles. The first-order chi connectivity index (χ1) is 34.9. The second kappa shape index (κ2) is 25.9. The molecule has 10 N–H and O–H groups in total. The van der Waals surface area contributed by atoms with Crippen molar-refractivity contribution in [2.45, 2.75) is 245 Å². The Labute approximate surface area is 455 Å². The van der Waals surface area contributed by atoms with E-state index in [1.54, 1.807) is 110 Å². The molecule has 24 heteroatoms. The highest BCUT2D eigenvalue weighted by Gasteiger charge is 2.56. The first-order valence-electron chi connectivity index (χ1n) is 26.5. The fourth-order valence-electron chi connectivity index (χ4n) is 9.22. The van der Waals surface area contributed by atoms with Gasteiger partial charge in [-0.05, 0) is 148 Å². The summed E-state index contributed by atoms with van der Waals surface area (Å²) in [4.78, 5) is 81.0. The van der Waals surface area contributed by atoms with Crippen LogP contribution in [0.3, 0.4) is 0 Å². The molecule has 0 radical (unpaired) electrons. The molecule has 0 saturated heterocycles. The van der Waals surface area contributed by atoms with Crippen LogP contribution in [0.15, 0.2) is 11.8 Å². The fraction of sp³-hybridized carbons (Fsp3) is 0.849. The maximum Gasteiger partial charge on any atom is 0.410 e. The van der Waals surface area contributed by atoms with Gasteiger partial charge >= 0.3 is 30.5 Å². The van der Waals surface area contributed by atoms with Gasteiger partial charge in [0.25, 0.3) is 5.91 Å². The van der Waals surface area contributed by atoms with Crippen molar-refractivity contribution in [2.24, 2.45) is 11.3 Å². The summed E-state index contributed by atoms with van der Waals surface area (Å²) in [6.45, 7) is 30.8. The van der Waals surface area contributed by atoms with Crippen LogP contribution in [0.1, 0.15) is 150 Å². The van der Waals surface area contributed by atoms with Crippen molar-refractivity contribution >= 4 is 36.4 Å². The van der Waals surface area contributed by atoms with Gasteiger partial charge in [-0.1, -0.05) is 13.8 Å². The van der Waals surface area contributed by atoms with E-state index < -0.39 is 149 Å². The van der Waals surface area contributed by atoms with Crippen molar-refractivity contribution in [1.29, 1.82) is 0 Å². The Hall–Kier alpha value is -4.88. The minimum atomic E-state index is -1.88. The fourth-order valence-corrected chi connectivity index (χ4v) is 9.22. The molecular formula is C53H95N7O17. The molecular weight excluding hydrogens is 1010 g/mol. The molecule has 0 aromatic heterocycles. The molecule has 6 amide bonds. The number of aliphatic hydroxyl groups is 4. The summed E-state index contributed by atoms with van der Waals surface area (Å²) >= 11 is 0. The average Bonchev–Trinajstić information content (AvgIpc) is 3.21. The van der Waals surface area contributed by atoms with Crippen molar-refractivity contribution in [3.05, 3.63) is 11.8 Å². The molecule has 2 fully saturated rings. The van der Waals surface area contributed by atoms with Gasteiger partial charge in [0.2, 0.25) is 0 Å². The number of rotatable bonds is 16. The number of hydrogen-bond donors (Lipinski definition) is 10. The predicted molar refractivity (Wildman–Crippen MR) is 283 cm³/mol. The lowest BCUT2D eigenvalue weighted by molar-refractivity contribution is -0.211. The summed E-state index contributed by atoms with van der Waals surface area (Å²) in [7, 11) is 1.37. The van der Waals surface area contributed by atoms with E-state index in [1.807, 2.05) is 13.8 Å². The number of likely N-dealkylation sites (N-methyl/N-ethyl adjacent to an activating group) is 1. The van der Waals surface area contributed by atoms with Crippen LogP contribution < -0.4 is 31.9 Å². The molecule has 3 rings (SSSR count). The molecule has 0 aromatic carbocycles. The number of hydrogen-bond acceptors (Lipinski definition) is 18.